The van der Waals surface area contributed by atoms with E-state index in [-0.39, 0.29) is 16.2 Å². The minimum absolute atomic E-state index is 0.0366. The molecule has 1 aromatic carbocycles. The van der Waals surface area contributed by atoms with Gasteiger partial charge in [0.2, 0.25) is 0 Å². The summed E-state index contributed by atoms with van der Waals surface area (Å²) < 4.78 is 12.3. The molecule has 0 radical (unpaired) electrons. The summed E-state index contributed by atoms with van der Waals surface area (Å²) in [4.78, 5) is 0. The summed E-state index contributed by atoms with van der Waals surface area (Å²) in [5.41, 5.74) is 3.20. The number of phenolic OH excluding ortho intramolecular Hbond substituents is 1. The molecule has 45 heavy (non-hydrogen) atoms. The Morgan fingerprint density at radius 2 is 1.38 bits per heavy atom. The van der Waals surface area contributed by atoms with Crippen LogP contribution >= 0.6 is 23.5 Å². The SMILES string of the molecule is CC(C)COC1=CC(C)(C(C)(C)C)CC(CSC2CCCCCCC2SCc2cc(C(C)(C)C)cc(OCC(C)C)c2O)=C1O. The fourth-order valence-electron chi connectivity index (χ4n) is 5.85. The molecule has 0 heterocycles. The average Bonchev–Trinajstić information content (AvgIpc) is 2.91. The van der Waals surface area contributed by atoms with Gasteiger partial charge in [0.25, 0.3) is 0 Å². The van der Waals surface area contributed by atoms with Crippen LogP contribution in [-0.2, 0) is 15.9 Å². The molecule has 1 saturated carbocycles. The maximum absolute atomic E-state index is 11.4. The highest BCUT2D eigenvalue weighted by Crippen LogP contribution is 2.50. The third kappa shape index (κ3) is 10.8. The maximum atomic E-state index is 11.4. The van der Waals surface area contributed by atoms with E-state index in [9.17, 15) is 10.2 Å². The standard InChI is InChI=1S/C39H64O4S2/c1-26(2)22-42-31-19-30(37(5,6)7)18-28(35(31)40)24-44-33-16-14-12-13-15-17-34(33)45-25-29-20-39(11,38(8,9)10)21-32(36(29)41)43-23-27(3)4/h18-19,21,26-27,33-34,40-41H,12-17,20,22-25H2,1-11H3. The van der Waals surface area contributed by atoms with Crippen molar-refractivity contribution >= 4 is 23.5 Å². The fourth-order valence-corrected chi connectivity index (χ4v) is 8.96. The molecule has 1 fully saturated rings. The molecule has 0 amide bonds. The number of aliphatic hydroxyl groups excluding tert-OH is 1. The molecule has 0 bridgehead atoms. The Labute approximate surface area is 284 Å². The van der Waals surface area contributed by atoms with Crippen molar-refractivity contribution in [3.8, 4) is 11.5 Å². The number of rotatable bonds is 12. The Morgan fingerprint density at radius 1 is 0.822 bits per heavy atom. The number of phenols is 1. The number of allylic oxidation sites excluding steroid dienone is 1. The van der Waals surface area contributed by atoms with E-state index in [2.05, 4.69) is 88.3 Å². The Bertz CT molecular complexity index is 1170. The zero-order chi connectivity index (χ0) is 33.6. The minimum Gasteiger partial charge on any atom is -0.504 e. The number of thioether (sulfide) groups is 2. The van der Waals surface area contributed by atoms with Crippen molar-refractivity contribution in [1.82, 2.24) is 0 Å². The Morgan fingerprint density at radius 3 is 1.91 bits per heavy atom. The lowest BCUT2D eigenvalue weighted by Crippen LogP contribution is -2.35. The molecule has 0 saturated heterocycles. The van der Waals surface area contributed by atoms with E-state index >= 15 is 0 Å². The van der Waals surface area contributed by atoms with Gasteiger partial charge in [-0.1, -0.05) is 108 Å². The highest BCUT2D eigenvalue weighted by molar-refractivity contribution is 8.03. The summed E-state index contributed by atoms with van der Waals surface area (Å²) in [5, 5.41) is 23.7. The van der Waals surface area contributed by atoms with Gasteiger partial charge in [0.15, 0.2) is 23.0 Å². The van der Waals surface area contributed by atoms with Crippen LogP contribution in [0, 0.1) is 22.7 Å². The summed E-state index contributed by atoms with van der Waals surface area (Å²) in [6, 6.07) is 4.22. The molecule has 0 aromatic heterocycles. The first kappa shape index (κ1) is 38.1. The van der Waals surface area contributed by atoms with Crippen LogP contribution in [0.3, 0.4) is 0 Å². The van der Waals surface area contributed by atoms with Crippen LogP contribution in [0.2, 0.25) is 0 Å². The maximum Gasteiger partial charge on any atom is 0.161 e. The minimum atomic E-state index is -0.0958. The van der Waals surface area contributed by atoms with Crippen LogP contribution in [0.5, 0.6) is 11.5 Å². The molecule has 1 aromatic rings. The average molecular weight is 661 g/mol. The Hall–Kier alpha value is -1.40. The number of hydrogen-bond acceptors (Lipinski definition) is 6. The summed E-state index contributed by atoms with van der Waals surface area (Å²) in [7, 11) is 0. The van der Waals surface area contributed by atoms with Crippen molar-refractivity contribution in [3.63, 3.8) is 0 Å². The topological polar surface area (TPSA) is 58.9 Å². The van der Waals surface area contributed by atoms with E-state index in [1.807, 2.05) is 29.6 Å². The van der Waals surface area contributed by atoms with E-state index in [1.54, 1.807) is 0 Å². The molecule has 6 heteroatoms. The van der Waals surface area contributed by atoms with Crippen molar-refractivity contribution in [2.24, 2.45) is 22.7 Å². The fraction of sp³-hybridized carbons (Fsp3) is 0.744. The molecule has 4 nitrogen and oxygen atoms in total. The predicted octanol–water partition coefficient (Wildman–Crippen LogP) is 11.6. The first-order valence-corrected chi connectivity index (χ1v) is 19.5. The lowest BCUT2D eigenvalue weighted by molar-refractivity contribution is 0.121. The predicted molar refractivity (Wildman–Crippen MR) is 197 cm³/mol. The van der Waals surface area contributed by atoms with Crippen LogP contribution in [0.1, 0.15) is 132 Å². The zero-order valence-electron chi connectivity index (χ0n) is 30.3. The molecule has 3 rings (SSSR count). The van der Waals surface area contributed by atoms with Gasteiger partial charge in [0.05, 0.1) is 13.2 Å². The number of hydrogen-bond donors (Lipinski definition) is 2. The highest BCUT2D eigenvalue weighted by atomic mass is 32.2. The molecule has 3 atom stereocenters. The summed E-state index contributed by atoms with van der Waals surface area (Å²) in [6.45, 7) is 25.6. The molecule has 0 spiro atoms. The van der Waals surface area contributed by atoms with Gasteiger partial charge in [-0.2, -0.15) is 23.5 Å². The van der Waals surface area contributed by atoms with Crippen molar-refractivity contribution in [1.29, 1.82) is 0 Å². The largest absolute Gasteiger partial charge is 0.504 e. The van der Waals surface area contributed by atoms with Crippen LogP contribution in [-0.4, -0.2) is 39.7 Å². The molecule has 2 N–H and O–H groups in total. The monoisotopic (exact) mass is 660 g/mol. The molecular formula is C39H64O4S2. The lowest BCUT2D eigenvalue weighted by atomic mass is 9.63. The normalized spacial score (nSPS) is 23.6. The van der Waals surface area contributed by atoms with E-state index in [0.717, 1.165) is 29.1 Å². The quantitative estimate of drug-likeness (QED) is 0.233. The Kier molecular flexibility index (Phi) is 13.6. The van der Waals surface area contributed by atoms with E-state index in [1.165, 1.54) is 44.1 Å². The molecular weight excluding hydrogens is 597 g/mol. The van der Waals surface area contributed by atoms with Crippen LogP contribution in [0.15, 0.2) is 35.3 Å². The smallest absolute Gasteiger partial charge is 0.161 e. The van der Waals surface area contributed by atoms with Gasteiger partial charge in [0, 0.05) is 27.6 Å². The summed E-state index contributed by atoms with van der Waals surface area (Å²) >= 11 is 4.03. The molecule has 256 valence electrons. The zero-order valence-corrected chi connectivity index (χ0v) is 32.0. The third-order valence-electron chi connectivity index (χ3n) is 9.54. The van der Waals surface area contributed by atoms with E-state index in [0.29, 0.717) is 58.6 Å². The molecule has 2 aliphatic carbocycles. The summed E-state index contributed by atoms with van der Waals surface area (Å²) in [5.74, 6) is 4.30. The molecule has 3 unspecified atom stereocenters. The molecule has 0 aliphatic heterocycles. The van der Waals surface area contributed by atoms with Gasteiger partial charge in [-0.3, -0.25) is 0 Å². The second kappa shape index (κ2) is 16.1. The van der Waals surface area contributed by atoms with E-state index < -0.39 is 0 Å². The highest BCUT2D eigenvalue weighted by Gasteiger charge is 2.41. The number of aromatic hydroxyl groups is 1. The van der Waals surface area contributed by atoms with Gasteiger partial charge in [-0.15, -0.1) is 0 Å². The van der Waals surface area contributed by atoms with Crippen LogP contribution in [0.25, 0.3) is 0 Å². The van der Waals surface area contributed by atoms with Crippen molar-refractivity contribution in [3.05, 3.63) is 46.4 Å². The number of ether oxygens (including phenoxy) is 2. The number of aliphatic hydroxyl groups is 1. The lowest BCUT2D eigenvalue weighted by Gasteiger charge is -2.43. The van der Waals surface area contributed by atoms with E-state index in [4.69, 9.17) is 9.47 Å². The van der Waals surface area contributed by atoms with Crippen LogP contribution < -0.4 is 4.74 Å². The van der Waals surface area contributed by atoms with Crippen molar-refractivity contribution in [2.75, 3.05) is 19.0 Å². The van der Waals surface area contributed by atoms with Gasteiger partial charge in [-0.05, 0) is 70.6 Å². The second-order valence-electron chi connectivity index (χ2n) is 16.6. The van der Waals surface area contributed by atoms with Crippen molar-refractivity contribution in [2.45, 2.75) is 143 Å². The number of benzene rings is 1. The van der Waals surface area contributed by atoms with Gasteiger partial charge >= 0.3 is 0 Å². The first-order chi connectivity index (χ1) is 20.9. The first-order valence-electron chi connectivity index (χ1n) is 17.4. The Balaban J connectivity index is 1.83. The van der Waals surface area contributed by atoms with Gasteiger partial charge in [0.1, 0.15) is 0 Å². The van der Waals surface area contributed by atoms with Crippen molar-refractivity contribution < 1.29 is 19.7 Å². The molecule has 2 aliphatic rings. The van der Waals surface area contributed by atoms with Crippen LogP contribution in [0.4, 0.5) is 0 Å². The second-order valence-corrected chi connectivity index (χ2v) is 19.1. The van der Waals surface area contributed by atoms with Gasteiger partial charge in [-0.25, -0.2) is 0 Å². The van der Waals surface area contributed by atoms with Gasteiger partial charge < -0.3 is 19.7 Å². The third-order valence-corrected chi connectivity index (χ3v) is 12.7. The summed E-state index contributed by atoms with van der Waals surface area (Å²) in [6.07, 6.45) is 10.5.